The minimum Gasteiger partial charge on any atom is -0.497 e. The van der Waals surface area contributed by atoms with Crippen molar-refractivity contribution in [2.75, 3.05) is 7.11 Å². The van der Waals surface area contributed by atoms with Crippen LogP contribution in [-0.2, 0) is 9.59 Å². The first-order chi connectivity index (χ1) is 12.4. The Hall–Kier alpha value is -2.79. The van der Waals surface area contributed by atoms with Crippen LogP contribution in [0.4, 0.5) is 0 Å². The number of allylic oxidation sites excluding steroid dienone is 4. The molecule has 1 N–H and O–H groups in total. The van der Waals surface area contributed by atoms with Gasteiger partial charge in [0.15, 0.2) is 11.6 Å². The van der Waals surface area contributed by atoms with Gasteiger partial charge in [-0.25, -0.2) is 0 Å². The summed E-state index contributed by atoms with van der Waals surface area (Å²) in [5.74, 6) is 0.382. The molecule has 0 bridgehead atoms. The van der Waals surface area contributed by atoms with Crippen LogP contribution in [0.3, 0.4) is 0 Å². The van der Waals surface area contributed by atoms with E-state index >= 15 is 0 Å². The van der Waals surface area contributed by atoms with Crippen LogP contribution in [0.2, 0.25) is 0 Å². The zero-order valence-corrected chi connectivity index (χ0v) is 14.7. The molecule has 1 aliphatic rings. The molecule has 1 aliphatic carbocycles. The second-order valence-electron chi connectivity index (χ2n) is 6.13. The number of Topliss-reactive ketones (excluding diaryl/α,β-unsaturated/α-hetero) is 1. The lowest BCUT2D eigenvalue weighted by atomic mass is 9.91. The van der Waals surface area contributed by atoms with Gasteiger partial charge in [0.25, 0.3) is 0 Å². The van der Waals surface area contributed by atoms with Crippen LogP contribution in [0.15, 0.2) is 60.7 Å². The summed E-state index contributed by atoms with van der Waals surface area (Å²) in [4.78, 5) is 35.0. The Kier molecular flexibility index (Phi) is 6.81. The van der Waals surface area contributed by atoms with Crippen molar-refractivity contribution in [3.05, 3.63) is 66.3 Å². The summed E-state index contributed by atoms with van der Waals surface area (Å²) in [5, 5.41) is 10.2. The quantitative estimate of drug-likeness (QED) is 0.545. The first-order valence-corrected chi connectivity index (χ1v) is 8.43. The predicted molar refractivity (Wildman–Crippen MR) is 98.2 cm³/mol. The number of methoxy groups -OCH3 is 1. The lowest BCUT2D eigenvalue weighted by molar-refractivity contribution is -0.119. The molecule has 0 saturated carbocycles. The number of carbonyl (C=O) groups is 3. The van der Waals surface area contributed by atoms with Crippen LogP contribution in [0.25, 0.3) is 0 Å². The molecule has 0 unspecified atom stereocenters. The highest BCUT2D eigenvalue weighted by molar-refractivity contribution is 6.04. The van der Waals surface area contributed by atoms with E-state index in [1.807, 2.05) is 0 Å². The van der Waals surface area contributed by atoms with E-state index in [1.165, 1.54) is 30.4 Å². The van der Waals surface area contributed by atoms with Gasteiger partial charge >= 0.3 is 0 Å². The number of benzene rings is 1. The largest absolute Gasteiger partial charge is 0.497 e. The number of hydrogen-bond acceptors (Lipinski definition) is 5. The Bertz CT molecular complexity index is 737. The molecule has 0 spiro atoms. The van der Waals surface area contributed by atoms with Crippen molar-refractivity contribution in [1.82, 2.24) is 0 Å². The van der Waals surface area contributed by atoms with Crippen molar-refractivity contribution in [3.63, 3.8) is 0 Å². The molecule has 0 fully saturated rings. The number of carbonyl (C=O) groups excluding carboxylic acids is 3. The zero-order valence-electron chi connectivity index (χ0n) is 14.7. The summed E-state index contributed by atoms with van der Waals surface area (Å²) < 4.78 is 5.04. The molecule has 5 nitrogen and oxygen atoms in total. The molecule has 0 atom stereocenters. The second-order valence-corrected chi connectivity index (χ2v) is 6.13. The van der Waals surface area contributed by atoms with E-state index in [0.29, 0.717) is 24.2 Å². The molecule has 0 heterocycles. The Balaban J connectivity index is 1.72. The molecule has 0 radical (unpaired) electrons. The van der Waals surface area contributed by atoms with E-state index < -0.39 is 5.60 Å². The van der Waals surface area contributed by atoms with Gasteiger partial charge in [-0.15, -0.1) is 0 Å². The van der Waals surface area contributed by atoms with E-state index in [9.17, 15) is 19.5 Å². The van der Waals surface area contributed by atoms with Crippen LogP contribution in [0, 0.1) is 0 Å². The molecule has 2 rings (SSSR count). The van der Waals surface area contributed by atoms with Gasteiger partial charge in [0, 0.05) is 18.4 Å². The maximum atomic E-state index is 12.0. The van der Waals surface area contributed by atoms with Gasteiger partial charge in [0.05, 0.1) is 7.11 Å². The summed E-state index contributed by atoms with van der Waals surface area (Å²) >= 11 is 0. The van der Waals surface area contributed by atoms with Gasteiger partial charge in [-0.1, -0.05) is 6.08 Å². The van der Waals surface area contributed by atoms with Crippen molar-refractivity contribution >= 4 is 17.3 Å². The van der Waals surface area contributed by atoms with Crippen molar-refractivity contribution in [1.29, 1.82) is 0 Å². The molecule has 136 valence electrons. The number of hydrogen-bond donors (Lipinski definition) is 1. The Labute approximate surface area is 152 Å². The third-order valence-corrected chi connectivity index (χ3v) is 4.11. The lowest BCUT2D eigenvalue weighted by Gasteiger charge is -2.21. The molecule has 1 aromatic rings. The zero-order chi connectivity index (χ0) is 19.0. The van der Waals surface area contributed by atoms with E-state index in [4.69, 9.17) is 4.74 Å². The molecule has 26 heavy (non-hydrogen) atoms. The van der Waals surface area contributed by atoms with Crippen molar-refractivity contribution in [3.8, 4) is 5.75 Å². The smallest absolute Gasteiger partial charge is 0.185 e. The van der Waals surface area contributed by atoms with Crippen molar-refractivity contribution in [2.45, 2.75) is 31.3 Å². The normalized spacial score (nSPS) is 15.4. The molecule has 1 aromatic carbocycles. The van der Waals surface area contributed by atoms with Gasteiger partial charge in [0.1, 0.15) is 17.1 Å². The third-order valence-electron chi connectivity index (χ3n) is 4.11. The third kappa shape index (κ3) is 5.93. The van der Waals surface area contributed by atoms with E-state index in [-0.39, 0.29) is 30.2 Å². The van der Waals surface area contributed by atoms with Gasteiger partial charge in [-0.05, 0) is 67.5 Å². The van der Waals surface area contributed by atoms with Crippen LogP contribution in [0.5, 0.6) is 5.75 Å². The minimum absolute atomic E-state index is 0.00123. The van der Waals surface area contributed by atoms with Crippen LogP contribution in [0.1, 0.15) is 36.0 Å². The average Bonchev–Trinajstić information content (AvgIpc) is 2.66. The first-order valence-electron chi connectivity index (χ1n) is 8.43. The van der Waals surface area contributed by atoms with Gasteiger partial charge in [0.2, 0.25) is 0 Å². The molecule has 0 aliphatic heterocycles. The highest BCUT2D eigenvalue weighted by atomic mass is 16.5. The number of ether oxygens (including phenoxy) is 1. The number of ketones is 3. The Morgan fingerprint density at radius 2 is 1.77 bits per heavy atom. The van der Waals surface area contributed by atoms with Crippen molar-refractivity contribution < 1.29 is 24.2 Å². The maximum absolute atomic E-state index is 12.0. The number of aliphatic hydroxyl groups is 1. The fourth-order valence-corrected chi connectivity index (χ4v) is 2.48. The average molecular weight is 354 g/mol. The predicted octanol–water partition coefficient (Wildman–Crippen LogP) is 2.99. The second kappa shape index (κ2) is 9.06. The highest BCUT2D eigenvalue weighted by Gasteiger charge is 2.23. The minimum atomic E-state index is -1.23. The van der Waals surface area contributed by atoms with Crippen molar-refractivity contribution in [2.24, 2.45) is 0 Å². The number of rotatable bonds is 9. The van der Waals surface area contributed by atoms with Gasteiger partial charge < -0.3 is 9.84 Å². The monoisotopic (exact) mass is 354 g/mol. The highest BCUT2D eigenvalue weighted by Crippen LogP contribution is 2.20. The lowest BCUT2D eigenvalue weighted by Crippen LogP contribution is -2.26. The fourth-order valence-electron chi connectivity index (χ4n) is 2.48. The Morgan fingerprint density at radius 1 is 1.12 bits per heavy atom. The van der Waals surface area contributed by atoms with Gasteiger partial charge in [-0.3, -0.25) is 14.4 Å². The SMILES string of the molecule is COc1ccc(C(=O)/C=C/CCC(=O)CCC2(O)C=CC(=O)C=C2)cc1. The molecular weight excluding hydrogens is 332 g/mol. The summed E-state index contributed by atoms with van der Waals surface area (Å²) in [6, 6.07) is 6.81. The molecule has 0 saturated heterocycles. The standard InChI is InChI=1S/C21H22O5/c1-26-19-8-6-16(7-9-19)20(24)5-3-2-4-17(22)10-13-21(25)14-11-18(23)12-15-21/h3,5-9,11-12,14-15,25H,2,4,10,13H2,1H3/b5-3+. The molecule has 0 aromatic heterocycles. The summed E-state index contributed by atoms with van der Waals surface area (Å²) in [6.07, 6.45) is 9.78. The van der Waals surface area contributed by atoms with Crippen LogP contribution < -0.4 is 4.74 Å². The topological polar surface area (TPSA) is 80.7 Å². The molecular formula is C21H22O5. The van der Waals surface area contributed by atoms with Crippen LogP contribution in [-0.4, -0.2) is 35.2 Å². The summed E-state index contributed by atoms with van der Waals surface area (Å²) in [5.41, 5.74) is -0.676. The van der Waals surface area contributed by atoms with Gasteiger partial charge in [-0.2, -0.15) is 0 Å². The molecule has 0 amide bonds. The molecule has 5 heteroatoms. The maximum Gasteiger partial charge on any atom is 0.185 e. The van der Waals surface area contributed by atoms with E-state index in [0.717, 1.165) is 0 Å². The summed E-state index contributed by atoms with van der Waals surface area (Å²) in [7, 11) is 1.56. The van der Waals surface area contributed by atoms with Crippen LogP contribution >= 0.6 is 0 Å². The summed E-state index contributed by atoms with van der Waals surface area (Å²) in [6.45, 7) is 0. The van der Waals surface area contributed by atoms with E-state index in [1.54, 1.807) is 37.5 Å². The fraction of sp³-hybridized carbons (Fsp3) is 0.286. The Morgan fingerprint density at radius 3 is 2.38 bits per heavy atom. The first kappa shape index (κ1) is 19.5. The van der Waals surface area contributed by atoms with E-state index in [2.05, 4.69) is 0 Å².